The fourth-order valence-corrected chi connectivity index (χ4v) is 2.54. The molecule has 0 aliphatic carbocycles. The highest BCUT2D eigenvalue weighted by atomic mass is 16.5. The number of hydrogen-bond acceptors (Lipinski definition) is 5. The predicted octanol–water partition coefficient (Wildman–Crippen LogP) is 3.60. The zero-order valence-electron chi connectivity index (χ0n) is 15.9. The Morgan fingerprint density at radius 3 is 2.41 bits per heavy atom. The molecule has 2 aromatic carbocycles. The van der Waals surface area contributed by atoms with Crippen LogP contribution in [0.2, 0.25) is 0 Å². The molecule has 1 atom stereocenters. The highest BCUT2D eigenvalue weighted by molar-refractivity contribution is 5.96. The van der Waals surface area contributed by atoms with Crippen molar-refractivity contribution in [1.82, 2.24) is 0 Å². The highest BCUT2D eigenvalue weighted by Gasteiger charge is 2.19. The van der Waals surface area contributed by atoms with E-state index in [1.807, 2.05) is 31.2 Å². The van der Waals surface area contributed by atoms with Gasteiger partial charge in [0.1, 0.15) is 11.5 Å². The van der Waals surface area contributed by atoms with E-state index in [9.17, 15) is 9.59 Å². The Bertz CT molecular complexity index is 775. The Hall–Kier alpha value is -3.02. The first-order valence-corrected chi connectivity index (χ1v) is 8.89. The lowest BCUT2D eigenvalue weighted by molar-refractivity contribution is -0.153. The third-order valence-corrected chi connectivity index (χ3v) is 3.91. The summed E-state index contributed by atoms with van der Waals surface area (Å²) in [6.45, 7) is 4.01. The lowest BCUT2D eigenvalue weighted by atomic mass is 10.1. The average Bonchev–Trinajstić information content (AvgIpc) is 2.68. The fourth-order valence-electron chi connectivity index (χ4n) is 2.54. The van der Waals surface area contributed by atoms with Crippen molar-refractivity contribution in [1.29, 1.82) is 0 Å². The predicted molar refractivity (Wildman–Crippen MR) is 103 cm³/mol. The molecular formula is C21H25NO5. The lowest BCUT2D eigenvalue weighted by Gasteiger charge is -2.15. The summed E-state index contributed by atoms with van der Waals surface area (Å²) in [7, 11) is 1.52. The van der Waals surface area contributed by atoms with Crippen molar-refractivity contribution in [3.05, 3.63) is 54.1 Å². The van der Waals surface area contributed by atoms with E-state index in [1.54, 1.807) is 24.3 Å². The largest absolute Gasteiger partial charge is 0.495 e. The van der Waals surface area contributed by atoms with Crippen LogP contribution in [0.15, 0.2) is 48.5 Å². The molecule has 0 heterocycles. The Morgan fingerprint density at radius 1 is 1.04 bits per heavy atom. The smallest absolute Gasteiger partial charge is 0.306 e. The van der Waals surface area contributed by atoms with Gasteiger partial charge in [-0.05, 0) is 44.0 Å². The van der Waals surface area contributed by atoms with Crippen LogP contribution in [0.4, 0.5) is 5.69 Å². The Kier molecular flexibility index (Phi) is 7.67. The van der Waals surface area contributed by atoms with Crippen LogP contribution in [0, 0.1) is 0 Å². The summed E-state index contributed by atoms with van der Waals surface area (Å²) in [4.78, 5) is 24.4. The van der Waals surface area contributed by atoms with Crippen molar-refractivity contribution in [2.75, 3.05) is 19.0 Å². The molecule has 0 saturated carbocycles. The number of carbonyl (C=O) groups excluding carboxylic acids is 2. The summed E-state index contributed by atoms with van der Waals surface area (Å²) >= 11 is 0. The van der Waals surface area contributed by atoms with Gasteiger partial charge in [-0.15, -0.1) is 0 Å². The number of methoxy groups -OCH3 is 1. The third-order valence-electron chi connectivity index (χ3n) is 3.91. The van der Waals surface area contributed by atoms with Crippen LogP contribution in [-0.4, -0.2) is 31.7 Å². The lowest BCUT2D eigenvalue weighted by Crippen LogP contribution is -2.30. The third kappa shape index (κ3) is 6.02. The molecule has 0 aliphatic rings. The molecule has 1 amide bonds. The molecule has 27 heavy (non-hydrogen) atoms. The van der Waals surface area contributed by atoms with E-state index in [4.69, 9.17) is 14.2 Å². The molecule has 2 rings (SSSR count). The summed E-state index contributed by atoms with van der Waals surface area (Å²) in [5.41, 5.74) is 1.46. The van der Waals surface area contributed by atoms with E-state index in [-0.39, 0.29) is 6.42 Å². The van der Waals surface area contributed by atoms with Crippen LogP contribution in [-0.2, 0) is 20.7 Å². The van der Waals surface area contributed by atoms with Crippen molar-refractivity contribution < 1.29 is 23.8 Å². The number of anilines is 1. The SMILES string of the molecule is CCOc1ccccc1CCC(=O)O[C@@H](C)C(=O)Nc1ccccc1OC. The van der Waals surface area contributed by atoms with Crippen LogP contribution in [0.25, 0.3) is 0 Å². The number of amides is 1. The van der Waals surface area contributed by atoms with Crippen molar-refractivity contribution >= 4 is 17.6 Å². The number of nitrogens with one attached hydrogen (secondary N) is 1. The Labute approximate surface area is 159 Å². The van der Waals surface area contributed by atoms with Crippen LogP contribution >= 0.6 is 0 Å². The minimum absolute atomic E-state index is 0.163. The van der Waals surface area contributed by atoms with Crippen molar-refractivity contribution in [2.45, 2.75) is 32.8 Å². The first kappa shape index (κ1) is 20.3. The molecule has 0 radical (unpaired) electrons. The number of carbonyl (C=O) groups is 2. The zero-order chi connectivity index (χ0) is 19.6. The van der Waals surface area contributed by atoms with Gasteiger partial charge in [-0.25, -0.2) is 0 Å². The van der Waals surface area contributed by atoms with Gasteiger partial charge in [0.25, 0.3) is 5.91 Å². The van der Waals surface area contributed by atoms with E-state index < -0.39 is 18.0 Å². The number of benzene rings is 2. The molecule has 0 spiro atoms. The van der Waals surface area contributed by atoms with Gasteiger partial charge in [0.15, 0.2) is 6.10 Å². The second-order valence-corrected chi connectivity index (χ2v) is 5.86. The van der Waals surface area contributed by atoms with Gasteiger partial charge in [-0.1, -0.05) is 30.3 Å². The second kappa shape index (κ2) is 10.2. The average molecular weight is 371 g/mol. The molecular weight excluding hydrogens is 346 g/mol. The minimum Gasteiger partial charge on any atom is -0.495 e. The van der Waals surface area contributed by atoms with Crippen LogP contribution in [0.3, 0.4) is 0 Å². The van der Waals surface area contributed by atoms with Gasteiger partial charge in [0.2, 0.25) is 0 Å². The van der Waals surface area contributed by atoms with E-state index in [2.05, 4.69) is 5.32 Å². The van der Waals surface area contributed by atoms with Gasteiger partial charge in [-0.2, -0.15) is 0 Å². The molecule has 144 valence electrons. The molecule has 6 heteroatoms. The number of esters is 1. The molecule has 0 fully saturated rings. The first-order chi connectivity index (χ1) is 13.0. The topological polar surface area (TPSA) is 73.9 Å². The van der Waals surface area contributed by atoms with Crippen LogP contribution in [0.5, 0.6) is 11.5 Å². The van der Waals surface area contributed by atoms with Crippen molar-refractivity contribution in [3.8, 4) is 11.5 Å². The first-order valence-electron chi connectivity index (χ1n) is 8.89. The van der Waals surface area contributed by atoms with Gasteiger partial charge < -0.3 is 19.5 Å². The second-order valence-electron chi connectivity index (χ2n) is 5.86. The summed E-state index contributed by atoms with van der Waals surface area (Å²) in [6, 6.07) is 14.6. The maximum Gasteiger partial charge on any atom is 0.306 e. The van der Waals surface area contributed by atoms with Crippen molar-refractivity contribution in [2.24, 2.45) is 0 Å². The molecule has 1 N–H and O–H groups in total. The van der Waals surface area contributed by atoms with Crippen molar-refractivity contribution in [3.63, 3.8) is 0 Å². The summed E-state index contributed by atoms with van der Waals surface area (Å²) in [5.74, 6) is 0.443. The van der Waals surface area contributed by atoms with E-state index >= 15 is 0 Å². The monoisotopic (exact) mass is 371 g/mol. The molecule has 0 unspecified atom stereocenters. The highest BCUT2D eigenvalue weighted by Crippen LogP contribution is 2.23. The summed E-state index contributed by atoms with van der Waals surface area (Å²) in [5, 5.41) is 2.71. The summed E-state index contributed by atoms with van der Waals surface area (Å²) in [6.07, 6.45) is -0.267. The molecule has 0 aliphatic heterocycles. The quantitative estimate of drug-likeness (QED) is 0.682. The standard InChI is InChI=1S/C21H25NO5/c1-4-26-18-11-7-5-9-16(18)13-14-20(23)27-15(2)21(24)22-17-10-6-8-12-19(17)25-3/h5-12,15H,4,13-14H2,1-3H3,(H,22,24)/t15-/m0/s1. The normalized spacial score (nSPS) is 11.4. The number of hydrogen-bond donors (Lipinski definition) is 1. The zero-order valence-corrected chi connectivity index (χ0v) is 15.9. The fraction of sp³-hybridized carbons (Fsp3) is 0.333. The molecule has 6 nitrogen and oxygen atoms in total. The van der Waals surface area contributed by atoms with Gasteiger partial charge >= 0.3 is 5.97 Å². The number of para-hydroxylation sites is 3. The maximum atomic E-state index is 12.3. The number of aryl methyl sites for hydroxylation is 1. The maximum absolute atomic E-state index is 12.3. The van der Waals surface area contributed by atoms with Gasteiger partial charge in [0, 0.05) is 6.42 Å². The Morgan fingerprint density at radius 2 is 1.70 bits per heavy atom. The van der Waals surface area contributed by atoms with E-state index in [1.165, 1.54) is 14.0 Å². The van der Waals surface area contributed by atoms with E-state index in [0.717, 1.165) is 11.3 Å². The van der Waals surface area contributed by atoms with Crippen LogP contribution < -0.4 is 14.8 Å². The molecule has 0 saturated heterocycles. The number of rotatable bonds is 9. The van der Waals surface area contributed by atoms with Gasteiger partial charge in [0.05, 0.1) is 19.4 Å². The van der Waals surface area contributed by atoms with Crippen LogP contribution in [0.1, 0.15) is 25.8 Å². The molecule has 0 aromatic heterocycles. The van der Waals surface area contributed by atoms with Gasteiger partial charge in [-0.3, -0.25) is 9.59 Å². The Balaban J connectivity index is 1.87. The molecule has 0 bridgehead atoms. The molecule has 2 aromatic rings. The van der Waals surface area contributed by atoms with E-state index in [0.29, 0.717) is 24.5 Å². The summed E-state index contributed by atoms with van der Waals surface area (Å²) < 4.78 is 16.0. The number of ether oxygens (including phenoxy) is 3. The minimum atomic E-state index is -0.912.